The number of hydrogen-bond acceptors (Lipinski definition) is 3. The van der Waals surface area contributed by atoms with Gasteiger partial charge in [-0.15, -0.1) is 12.4 Å². The molecule has 3 N–H and O–H groups in total. The molecule has 0 saturated heterocycles. The van der Waals surface area contributed by atoms with Crippen molar-refractivity contribution in [1.29, 1.82) is 0 Å². The predicted molar refractivity (Wildman–Crippen MR) is 100 cm³/mol. The van der Waals surface area contributed by atoms with Crippen LogP contribution >= 0.6 is 12.4 Å². The van der Waals surface area contributed by atoms with E-state index in [1.54, 1.807) is 0 Å². The van der Waals surface area contributed by atoms with Crippen LogP contribution in [0.2, 0.25) is 0 Å². The number of amides is 1. The van der Waals surface area contributed by atoms with E-state index in [-0.39, 0.29) is 23.7 Å². The summed E-state index contributed by atoms with van der Waals surface area (Å²) >= 11 is 0. The number of carbonyl (C=O) groups excluding carboxylic acids is 1. The van der Waals surface area contributed by atoms with Gasteiger partial charge in [-0.05, 0) is 44.1 Å². The molecule has 1 saturated carbocycles. The second-order valence-electron chi connectivity index (χ2n) is 6.76. The zero-order valence-corrected chi connectivity index (χ0v) is 15.7. The zero-order chi connectivity index (χ0) is 16.7. The Morgan fingerprint density at radius 3 is 2.50 bits per heavy atom. The van der Waals surface area contributed by atoms with Gasteiger partial charge in [-0.25, -0.2) is 0 Å². The lowest BCUT2D eigenvalue weighted by Gasteiger charge is -2.29. The SMILES string of the molecule is CCOCCC1(CNC(=O)C(N)c2ccc(C)cc2)CCCC1.Cl. The van der Waals surface area contributed by atoms with E-state index in [0.29, 0.717) is 6.54 Å². The van der Waals surface area contributed by atoms with Crippen molar-refractivity contribution < 1.29 is 9.53 Å². The summed E-state index contributed by atoms with van der Waals surface area (Å²) in [6.07, 6.45) is 5.83. The molecule has 1 aromatic rings. The van der Waals surface area contributed by atoms with Crippen LogP contribution in [0.5, 0.6) is 0 Å². The fourth-order valence-corrected chi connectivity index (χ4v) is 3.38. The first kappa shape index (κ1) is 20.9. The number of rotatable bonds is 8. The number of nitrogens with two attached hydrogens (primary N) is 1. The molecule has 1 aliphatic carbocycles. The highest BCUT2D eigenvalue weighted by Gasteiger charge is 2.34. The summed E-state index contributed by atoms with van der Waals surface area (Å²) < 4.78 is 5.52. The molecule has 4 nitrogen and oxygen atoms in total. The van der Waals surface area contributed by atoms with Crippen LogP contribution in [-0.2, 0) is 9.53 Å². The van der Waals surface area contributed by atoms with Crippen molar-refractivity contribution in [3.05, 3.63) is 35.4 Å². The smallest absolute Gasteiger partial charge is 0.241 e. The summed E-state index contributed by atoms with van der Waals surface area (Å²) in [5.41, 5.74) is 8.33. The van der Waals surface area contributed by atoms with Gasteiger partial charge >= 0.3 is 0 Å². The third-order valence-electron chi connectivity index (χ3n) is 5.00. The Morgan fingerprint density at radius 1 is 1.29 bits per heavy atom. The Balaban J connectivity index is 0.00000288. The van der Waals surface area contributed by atoms with Gasteiger partial charge in [0.05, 0.1) is 0 Å². The van der Waals surface area contributed by atoms with Gasteiger partial charge in [-0.1, -0.05) is 42.7 Å². The van der Waals surface area contributed by atoms with Gasteiger partial charge < -0.3 is 15.8 Å². The molecule has 136 valence electrons. The minimum atomic E-state index is -0.596. The maximum Gasteiger partial charge on any atom is 0.241 e. The van der Waals surface area contributed by atoms with E-state index in [2.05, 4.69) is 5.32 Å². The highest BCUT2D eigenvalue weighted by molar-refractivity contribution is 5.85. The highest BCUT2D eigenvalue weighted by Crippen LogP contribution is 2.40. The Bertz CT molecular complexity index is 499. The van der Waals surface area contributed by atoms with Crippen molar-refractivity contribution in [2.75, 3.05) is 19.8 Å². The van der Waals surface area contributed by atoms with Crippen LogP contribution in [0.4, 0.5) is 0 Å². The summed E-state index contributed by atoms with van der Waals surface area (Å²) in [5.74, 6) is -0.0865. The van der Waals surface area contributed by atoms with Crippen molar-refractivity contribution in [3.8, 4) is 0 Å². The standard InChI is InChI=1S/C19H30N2O2.ClH/c1-3-23-13-12-19(10-4-5-11-19)14-21-18(22)17(20)16-8-6-15(2)7-9-16;/h6-9,17H,3-5,10-14,20H2,1-2H3,(H,21,22);1H. The molecule has 5 heteroatoms. The molecule has 1 fully saturated rings. The number of nitrogens with one attached hydrogen (secondary N) is 1. The van der Waals surface area contributed by atoms with E-state index in [0.717, 1.165) is 25.2 Å². The molecular formula is C19H31ClN2O2. The Morgan fingerprint density at radius 2 is 1.92 bits per heavy atom. The highest BCUT2D eigenvalue weighted by atomic mass is 35.5. The van der Waals surface area contributed by atoms with Gasteiger partial charge in [0, 0.05) is 19.8 Å². The molecule has 0 heterocycles. The molecule has 0 aliphatic heterocycles. The Hall–Kier alpha value is -1.10. The van der Waals surface area contributed by atoms with Gasteiger partial charge in [-0.2, -0.15) is 0 Å². The van der Waals surface area contributed by atoms with Crippen molar-refractivity contribution in [2.24, 2.45) is 11.1 Å². The number of halogens is 1. The molecular weight excluding hydrogens is 324 g/mol. The molecule has 0 bridgehead atoms. The van der Waals surface area contributed by atoms with Crippen molar-refractivity contribution in [2.45, 2.75) is 52.0 Å². The molecule has 1 unspecified atom stereocenters. The number of hydrogen-bond donors (Lipinski definition) is 2. The number of aryl methyl sites for hydroxylation is 1. The molecule has 1 aromatic carbocycles. The second-order valence-corrected chi connectivity index (χ2v) is 6.76. The first-order chi connectivity index (χ1) is 11.1. The van der Waals surface area contributed by atoms with Crippen LogP contribution in [0.25, 0.3) is 0 Å². The first-order valence-electron chi connectivity index (χ1n) is 8.74. The van der Waals surface area contributed by atoms with Crippen LogP contribution in [0.15, 0.2) is 24.3 Å². The average Bonchev–Trinajstić information content (AvgIpc) is 3.02. The van der Waals surface area contributed by atoms with Crippen LogP contribution in [0.1, 0.15) is 56.2 Å². The number of ether oxygens (including phenoxy) is 1. The minimum absolute atomic E-state index is 0. The quantitative estimate of drug-likeness (QED) is 0.702. The monoisotopic (exact) mass is 354 g/mol. The van der Waals surface area contributed by atoms with E-state index in [4.69, 9.17) is 10.5 Å². The molecule has 0 radical (unpaired) electrons. The summed E-state index contributed by atoms with van der Waals surface area (Å²) in [6, 6.07) is 7.24. The zero-order valence-electron chi connectivity index (χ0n) is 14.8. The Kier molecular flexibility index (Phi) is 8.74. The molecule has 0 aromatic heterocycles. The van der Waals surface area contributed by atoms with Crippen LogP contribution in [0, 0.1) is 12.3 Å². The van der Waals surface area contributed by atoms with Gasteiger partial charge in [0.1, 0.15) is 6.04 Å². The lowest BCUT2D eigenvalue weighted by molar-refractivity contribution is -0.123. The molecule has 1 amide bonds. The third-order valence-corrected chi connectivity index (χ3v) is 5.00. The summed E-state index contributed by atoms with van der Waals surface area (Å²) in [7, 11) is 0. The van der Waals surface area contributed by atoms with Gasteiger partial charge in [0.25, 0.3) is 0 Å². The third kappa shape index (κ3) is 5.76. The summed E-state index contributed by atoms with van der Waals surface area (Å²) in [5, 5.41) is 3.09. The minimum Gasteiger partial charge on any atom is -0.382 e. The van der Waals surface area contributed by atoms with Crippen LogP contribution in [0.3, 0.4) is 0 Å². The lowest BCUT2D eigenvalue weighted by atomic mass is 9.83. The van der Waals surface area contributed by atoms with Gasteiger partial charge in [-0.3, -0.25) is 4.79 Å². The van der Waals surface area contributed by atoms with Crippen molar-refractivity contribution >= 4 is 18.3 Å². The summed E-state index contributed by atoms with van der Waals surface area (Å²) in [6.45, 7) is 6.27. The van der Waals surface area contributed by atoms with Crippen LogP contribution < -0.4 is 11.1 Å². The van der Waals surface area contributed by atoms with Gasteiger partial charge in [0.2, 0.25) is 5.91 Å². The molecule has 24 heavy (non-hydrogen) atoms. The second kappa shape index (κ2) is 10.0. The van der Waals surface area contributed by atoms with E-state index in [1.807, 2.05) is 38.1 Å². The normalized spacial score (nSPS) is 17.1. The van der Waals surface area contributed by atoms with Crippen LogP contribution in [-0.4, -0.2) is 25.7 Å². The first-order valence-corrected chi connectivity index (χ1v) is 8.74. The molecule has 1 aliphatic rings. The Labute approximate surface area is 151 Å². The van der Waals surface area contributed by atoms with E-state index < -0.39 is 6.04 Å². The summed E-state index contributed by atoms with van der Waals surface area (Å²) in [4.78, 5) is 12.4. The maximum absolute atomic E-state index is 12.4. The van der Waals surface area contributed by atoms with E-state index in [9.17, 15) is 4.79 Å². The lowest BCUT2D eigenvalue weighted by Crippen LogP contribution is -2.41. The topological polar surface area (TPSA) is 64.3 Å². The van der Waals surface area contributed by atoms with E-state index >= 15 is 0 Å². The largest absolute Gasteiger partial charge is 0.382 e. The van der Waals surface area contributed by atoms with Crippen molar-refractivity contribution in [1.82, 2.24) is 5.32 Å². The van der Waals surface area contributed by atoms with Crippen molar-refractivity contribution in [3.63, 3.8) is 0 Å². The average molecular weight is 355 g/mol. The fourth-order valence-electron chi connectivity index (χ4n) is 3.38. The number of carbonyl (C=O) groups is 1. The molecule has 1 atom stereocenters. The number of benzene rings is 1. The predicted octanol–water partition coefficient (Wildman–Crippen LogP) is 3.52. The maximum atomic E-state index is 12.4. The molecule has 2 rings (SSSR count). The van der Waals surface area contributed by atoms with E-state index in [1.165, 1.54) is 31.2 Å². The molecule has 0 spiro atoms. The fraction of sp³-hybridized carbons (Fsp3) is 0.632. The van der Waals surface area contributed by atoms with Gasteiger partial charge in [0.15, 0.2) is 0 Å².